The maximum Gasteiger partial charge on any atom is 0.242 e. The van der Waals surface area contributed by atoms with E-state index in [2.05, 4.69) is 9.97 Å². The summed E-state index contributed by atoms with van der Waals surface area (Å²) >= 11 is 5.87. The van der Waals surface area contributed by atoms with Crippen molar-refractivity contribution in [3.8, 4) is 0 Å². The summed E-state index contributed by atoms with van der Waals surface area (Å²) in [5.74, 6) is -0.535. The molecular formula is C10H11ClN4O. The van der Waals surface area contributed by atoms with Crippen molar-refractivity contribution < 1.29 is 8.91 Å². The quantitative estimate of drug-likeness (QED) is 0.742. The fourth-order valence-corrected chi connectivity index (χ4v) is 1.54. The van der Waals surface area contributed by atoms with Gasteiger partial charge in [0, 0.05) is 24.3 Å². The van der Waals surface area contributed by atoms with Gasteiger partial charge in [-0.25, -0.2) is 9.97 Å². The number of halogens is 1. The molecule has 2 aromatic rings. The summed E-state index contributed by atoms with van der Waals surface area (Å²) in [6, 6.07) is 1.66. The maximum absolute atomic E-state index is 11.9. The van der Waals surface area contributed by atoms with Crippen molar-refractivity contribution in [3.63, 3.8) is 0 Å². The fraction of sp³-hybridized carbons (Fsp3) is 0.300. The second-order valence-electron chi connectivity index (χ2n) is 3.29. The van der Waals surface area contributed by atoms with Gasteiger partial charge in [0.25, 0.3) is 0 Å². The van der Waals surface area contributed by atoms with Crippen LogP contribution >= 0.6 is 11.6 Å². The van der Waals surface area contributed by atoms with Gasteiger partial charge < -0.3 is 9.47 Å². The van der Waals surface area contributed by atoms with Gasteiger partial charge >= 0.3 is 0 Å². The van der Waals surface area contributed by atoms with E-state index in [1.165, 1.54) is 24.1 Å². The molecule has 0 aromatic carbocycles. The Morgan fingerprint density at radius 1 is 1.69 bits per heavy atom. The summed E-state index contributed by atoms with van der Waals surface area (Å²) in [5.41, 5.74) is 1.11. The van der Waals surface area contributed by atoms with Crippen molar-refractivity contribution in [1.29, 1.82) is 0 Å². The number of fused-ring (bicyclic) bond motifs is 1. The van der Waals surface area contributed by atoms with Crippen LogP contribution in [0.3, 0.4) is 0 Å². The lowest BCUT2D eigenvalue weighted by molar-refractivity contribution is -0.129. The Morgan fingerprint density at radius 3 is 3.25 bits per heavy atom. The number of carbonyl (C=O) groups excluding carboxylic acids is 1. The van der Waals surface area contributed by atoms with Crippen LogP contribution in [-0.2, 0) is 11.3 Å². The van der Waals surface area contributed by atoms with Crippen LogP contribution in [0, 0.1) is 0 Å². The van der Waals surface area contributed by atoms with E-state index in [1.54, 1.807) is 6.07 Å². The summed E-state index contributed by atoms with van der Waals surface area (Å²) in [6.45, 7) is -2.57. The zero-order valence-electron chi connectivity index (χ0n) is 11.5. The van der Waals surface area contributed by atoms with Gasteiger partial charge in [0.05, 0.1) is 11.8 Å². The fourth-order valence-electron chi connectivity index (χ4n) is 1.34. The molecule has 0 N–H and O–H groups in total. The van der Waals surface area contributed by atoms with E-state index in [4.69, 9.17) is 15.7 Å². The molecule has 0 bridgehead atoms. The number of hydrogen-bond donors (Lipinski definition) is 0. The van der Waals surface area contributed by atoms with Crippen LogP contribution < -0.4 is 0 Å². The van der Waals surface area contributed by atoms with Crippen LogP contribution in [0.15, 0.2) is 18.6 Å². The monoisotopic (exact) mass is 241 g/mol. The number of imidazole rings is 1. The van der Waals surface area contributed by atoms with Gasteiger partial charge in [-0.3, -0.25) is 4.79 Å². The first-order valence-electron chi connectivity index (χ1n) is 6.02. The largest absolute Gasteiger partial charge is 0.347 e. The highest BCUT2D eigenvalue weighted by Gasteiger charge is 2.10. The number of nitrogens with zero attached hydrogens (tertiary/aromatic N) is 4. The van der Waals surface area contributed by atoms with Crippen LogP contribution in [0.25, 0.3) is 11.0 Å². The zero-order valence-corrected chi connectivity index (χ0v) is 9.27. The van der Waals surface area contributed by atoms with E-state index in [0.29, 0.717) is 11.0 Å². The first-order valence-corrected chi connectivity index (χ1v) is 4.90. The minimum Gasteiger partial charge on any atom is -0.347 e. The Bertz CT molecular complexity index is 625. The van der Waals surface area contributed by atoms with Gasteiger partial charge in [-0.2, -0.15) is 0 Å². The normalized spacial score (nSPS) is 14.2. The number of rotatable bonds is 2. The molecule has 16 heavy (non-hydrogen) atoms. The molecule has 1 amide bonds. The summed E-state index contributed by atoms with van der Waals surface area (Å²) in [6.07, 6.45) is 2.93. The molecule has 0 fully saturated rings. The minimum absolute atomic E-state index is 0.119. The average Bonchev–Trinajstić information content (AvgIpc) is 2.72. The first-order chi connectivity index (χ1) is 8.80. The third kappa shape index (κ3) is 1.86. The number of carbonyl (C=O) groups is 1. The summed E-state index contributed by atoms with van der Waals surface area (Å²) in [5, 5.41) is 0.243. The summed E-state index contributed by atoms with van der Waals surface area (Å²) in [4.78, 5) is 20.5. The van der Waals surface area contributed by atoms with Crippen molar-refractivity contribution in [2.24, 2.45) is 0 Å². The Morgan fingerprint density at radius 2 is 2.50 bits per heavy atom. The molecule has 0 aliphatic carbocycles. The molecule has 5 nitrogen and oxygen atoms in total. The van der Waals surface area contributed by atoms with Crippen LogP contribution in [0.1, 0.15) is 4.11 Å². The van der Waals surface area contributed by atoms with Crippen LogP contribution in [0.5, 0.6) is 0 Å². The molecule has 0 atom stereocenters. The molecule has 0 radical (unpaired) electrons. The average molecular weight is 242 g/mol. The molecule has 0 saturated heterocycles. The van der Waals surface area contributed by atoms with Gasteiger partial charge in [-0.05, 0) is 6.07 Å². The third-order valence-corrected chi connectivity index (χ3v) is 2.45. The number of hydrogen-bond acceptors (Lipinski definition) is 3. The van der Waals surface area contributed by atoms with Crippen LogP contribution in [0.4, 0.5) is 0 Å². The zero-order chi connectivity index (χ0) is 14.2. The van der Waals surface area contributed by atoms with Crippen molar-refractivity contribution in [2.45, 2.75) is 6.54 Å². The molecule has 2 aromatic heterocycles. The van der Waals surface area contributed by atoms with Gasteiger partial charge in [-0.15, -0.1) is 0 Å². The number of pyridine rings is 1. The summed E-state index contributed by atoms with van der Waals surface area (Å²) < 4.78 is 23.1. The SMILES string of the molecule is [2H]C([2H])([2H])N(C)C(=O)Cn1cnc2c(Cl)nccc21. The smallest absolute Gasteiger partial charge is 0.242 e. The van der Waals surface area contributed by atoms with Gasteiger partial charge in [0.15, 0.2) is 5.15 Å². The first kappa shape index (κ1) is 7.62. The highest BCUT2D eigenvalue weighted by molar-refractivity contribution is 6.33. The van der Waals surface area contributed by atoms with Crippen molar-refractivity contribution >= 4 is 28.5 Å². The highest BCUT2D eigenvalue weighted by atomic mass is 35.5. The standard InChI is InChI=1S/C10H11ClN4O/c1-14(2)8(16)5-15-6-13-9-7(15)3-4-12-10(9)11/h3-4,6H,5H2,1-2H3/i1D3. The molecule has 0 aliphatic heterocycles. The second kappa shape index (κ2) is 4.09. The molecule has 2 heterocycles. The Hall–Kier alpha value is -1.62. The van der Waals surface area contributed by atoms with E-state index in [1.807, 2.05) is 0 Å². The molecule has 0 unspecified atom stereocenters. The lowest BCUT2D eigenvalue weighted by Crippen LogP contribution is -2.25. The predicted octanol–water partition coefficient (Wildman–Crippen LogP) is 1.17. The van der Waals surface area contributed by atoms with E-state index >= 15 is 0 Å². The molecule has 2 rings (SSSR count). The van der Waals surface area contributed by atoms with Crippen LogP contribution in [-0.4, -0.2) is 39.4 Å². The third-order valence-electron chi connectivity index (χ3n) is 2.17. The molecular weight excluding hydrogens is 228 g/mol. The van der Waals surface area contributed by atoms with Gasteiger partial charge in [0.2, 0.25) is 5.91 Å². The highest BCUT2D eigenvalue weighted by Crippen LogP contribution is 2.18. The lowest BCUT2D eigenvalue weighted by Gasteiger charge is -2.10. The Labute approximate surface area is 102 Å². The lowest BCUT2D eigenvalue weighted by atomic mass is 10.4. The second-order valence-corrected chi connectivity index (χ2v) is 3.65. The number of aromatic nitrogens is 3. The molecule has 0 aliphatic rings. The topological polar surface area (TPSA) is 51.0 Å². The molecule has 6 heteroatoms. The predicted molar refractivity (Wildman–Crippen MR) is 61.2 cm³/mol. The Kier molecular flexibility index (Phi) is 1.95. The van der Waals surface area contributed by atoms with Crippen molar-refractivity contribution in [2.75, 3.05) is 14.0 Å². The van der Waals surface area contributed by atoms with Gasteiger partial charge in [-0.1, -0.05) is 11.6 Å². The number of likely N-dealkylation sites (N-methyl/N-ethyl adjacent to an activating group) is 1. The summed E-state index contributed by atoms with van der Waals surface area (Å²) in [7, 11) is 1.24. The van der Waals surface area contributed by atoms with Crippen molar-refractivity contribution in [3.05, 3.63) is 23.7 Å². The maximum atomic E-state index is 11.9. The van der Waals surface area contributed by atoms with E-state index in [-0.39, 0.29) is 11.7 Å². The Balaban J connectivity index is 2.28. The molecule has 0 saturated carbocycles. The van der Waals surface area contributed by atoms with Crippen molar-refractivity contribution in [1.82, 2.24) is 19.4 Å². The molecule has 84 valence electrons. The van der Waals surface area contributed by atoms with E-state index < -0.39 is 12.9 Å². The minimum atomic E-state index is -2.45. The van der Waals surface area contributed by atoms with E-state index in [0.717, 1.165) is 4.90 Å². The van der Waals surface area contributed by atoms with Gasteiger partial charge in [0.1, 0.15) is 12.1 Å². The number of amides is 1. The molecule has 0 spiro atoms. The van der Waals surface area contributed by atoms with E-state index in [9.17, 15) is 4.79 Å². The van der Waals surface area contributed by atoms with Crippen LogP contribution in [0.2, 0.25) is 5.15 Å².